The molecule has 128 valence electrons. The molecule has 1 aromatic rings. The third-order valence-corrected chi connectivity index (χ3v) is 6.45. The van der Waals surface area contributed by atoms with Crippen LogP contribution in [-0.2, 0) is 12.4 Å². The zero-order valence-corrected chi connectivity index (χ0v) is 12.4. The summed E-state index contributed by atoms with van der Waals surface area (Å²) in [5.41, 5.74) is -2.17. The highest BCUT2D eigenvalue weighted by atomic mass is 19.4. The van der Waals surface area contributed by atoms with Crippen LogP contribution in [0.5, 0.6) is 0 Å². The lowest BCUT2D eigenvalue weighted by molar-refractivity contribution is -0.143. The minimum absolute atomic E-state index is 0.0968. The van der Waals surface area contributed by atoms with Gasteiger partial charge in [-0.3, -0.25) is 0 Å². The van der Waals surface area contributed by atoms with Crippen LogP contribution in [0.25, 0.3) is 0 Å². The SMILES string of the molecule is FC(F)(F)c1cc(C2C3C4C=C[C@H]2[C@@H]2C[C@@H]2[C@@H]43)cc(C(F)(F)F)c1. The smallest absolute Gasteiger partial charge is 0.166 e. The van der Waals surface area contributed by atoms with Gasteiger partial charge >= 0.3 is 12.4 Å². The standard InChI is InChI=1S/C18H14F6/c19-17(20,21)8-3-7(4-9(5-8)18(22,23)24)14-10-1-2-11-15(16(11)14)13-6-12(10)13/h1-5,10-16H,6H2/t10-,11?,12-,13-,14?,15+,16?/m0/s1. The van der Waals surface area contributed by atoms with Gasteiger partial charge in [-0.25, -0.2) is 0 Å². The summed E-state index contributed by atoms with van der Waals surface area (Å²) in [5.74, 6) is 2.05. The van der Waals surface area contributed by atoms with Crippen LogP contribution in [-0.4, -0.2) is 0 Å². The molecule has 0 spiro atoms. The lowest BCUT2D eigenvalue weighted by Crippen LogP contribution is -2.24. The van der Waals surface area contributed by atoms with Crippen molar-refractivity contribution >= 4 is 0 Å². The maximum Gasteiger partial charge on any atom is 0.416 e. The van der Waals surface area contributed by atoms with E-state index >= 15 is 0 Å². The fraction of sp³-hybridized carbons (Fsp3) is 0.556. The van der Waals surface area contributed by atoms with Crippen molar-refractivity contribution in [2.75, 3.05) is 0 Å². The fourth-order valence-corrected chi connectivity index (χ4v) is 5.47. The van der Waals surface area contributed by atoms with Crippen molar-refractivity contribution in [1.29, 1.82) is 0 Å². The molecule has 24 heavy (non-hydrogen) atoms. The molecule has 2 bridgehead atoms. The predicted octanol–water partition coefficient (Wildman–Crippen LogP) is 5.51. The van der Waals surface area contributed by atoms with Crippen molar-refractivity contribution in [3.05, 3.63) is 47.0 Å². The number of fused-ring (bicyclic) bond motifs is 5. The zero-order valence-electron chi connectivity index (χ0n) is 12.4. The Morgan fingerprint density at radius 2 is 1.29 bits per heavy atom. The summed E-state index contributed by atoms with van der Waals surface area (Å²) in [4.78, 5) is 0. The molecule has 5 rings (SSSR count). The Balaban J connectivity index is 1.62. The molecular weight excluding hydrogens is 330 g/mol. The van der Waals surface area contributed by atoms with Gasteiger partial charge in [0.25, 0.3) is 0 Å². The number of halogens is 6. The summed E-state index contributed by atoms with van der Waals surface area (Å²) < 4.78 is 78.6. The van der Waals surface area contributed by atoms with Crippen LogP contribution in [0.2, 0.25) is 0 Å². The predicted molar refractivity (Wildman–Crippen MR) is 73.9 cm³/mol. The summed E-state index contributed by atoms with van der Waals surface area (Å²) in [6, 6.07) is 2.12. The molecule has 3 saturated carbocycles. The average Bonchev–Trinajstić information content (AvgIpc) is 3.34. The number of rotatable bonds is 1. The van der Waals surface area contributed by atoms with Gasteiger partial charge in [0.05, 0.1) is 11.1 Å². The molecule has 0 aromatic heterocycles. The van der Waals surface area contributed by atoms with E-state index in [1.54, 1.807) is 0 Å². The minimum Gasteiger partial charge on any atom is -0.166 e. The Morgan fingerprint density at radius 1 is 0.708 bits per heavy atom. The van der Waals surface area contributed by atoms with Crippen molar-refractivity contribution in [3.8, 4) is 0 Å². The van der Waals surface area contributed by atoms with Crippen molar-refractivity contribution < 1.29 is 26.3 Å². The van der Waals surface area contributed by atoms with Crippen LogP contribution in [0.3, 0.4) is 0 Å². The fourth-order valence-electron chi connectivity index (χ4n) is 5.47. The van der Waals surface area contributed by atoms with E-state index in [4.69, 9.17) is 0 Å². The van der Waals surface area contributed by atoms with Crippen molar-refractivity contribution in [1.82, 2.24) is 0 Å². The second-order valence-electron chi connectivity index (χ2n) is 7.62. The Bertz CT molecular complexity index is 711. The van der Waals surface area contributed by atoms with E-state index < -0.39 is 23.5 Å². The minimum atomic E-state index is -4.77. The first-order valence-electron chi connectivity index (χ1n) is 8.14. The van der Waals surface area contributed by atoms with Gasteiger partial charge in [0.2, 0.25) is 0 Å². The Morgan fingerprint density at radius 3 is 1.88 bits per heavy atom. The van der Waals surface area contributed by atoms with Crippen molar-refractivity contribution in [2.24, 2.45) is 35.5 Å². The molecule has 0 radical (unpaired) electrons. The largest absolute Gasteiger partial charge is 0.416 e. The molecule has 0 N–H and O–H groups in total. The molecule has 0 amide bonds. The van der Waals surface area contributed by atoms with E-state index in [2.05, 4.69) is 12.2 Å². The van der Waals surface area contributed by atoms with Crippen LogP contribution in [0.15, 0.2) is 30.4 Å². The summed E-state index contributed by atoms with van der Waals surface area (Å²) in [7, 11) is 0. The molecule has 0 saturated heterocycles. The maximum absolute atomic E-state index is 13.1. The summed E-state index contributed by atoms with van der Waals surface area (Å²) in [5, 5.41) is 0. The number of hydrogen-bond donors (Lipinski definition) is 0. The lowest BCUT2D eigenvalue weighted by Gasteiger charge is -2.32. The summed E-state index contributed by atoms with van der Waals surface area (Å²) >= 11 is 0. The first kappa shape index (κ1) is 14.8. The molecule has 3 unspecified atom stereocenters. The normalized spacial score (nSPS) is 41.8. The molecular formula is C18H14F6. The van der Waals surface area contributed by atoms with Crippen molar-refractivity contribution in [3.63, 3.8) is 0 Å². The van der Waals surface area contributed by atoms with Crippen LogP contribution in [0.1, 0.15) is 29.0 Å². The van der Waals surface area contributed by atoms with E-state index in [1.165, 1.54) is 0 Å². The highest BCUT2D eigenvalue weighted by Gasteiger charge is 2.71. The quantitative estimate of drug-likeness (QED) is 0.466. The second-order valence-corrected chi connectivity index (χ2v) is 7.62. The first-order chi connectivity index (χ1) is 11.2. The van der Waals surface area contributed by atoms with Gasteiger partial charge in [-0.1, -0.05) is 12.2 Å². The average molecular weight is 344 g/mol. The second kappa shape index (κ2) is 4.20. The Kier molecular flexibility index (Phi) is 2.60. The van der Waals surface area contributed by atoms with Crippen molar-refractivity contribution in [2.45, 2.75) is 24.7 Å². The van der Waals surface area contributed by atoms with Gasteiger partial charge in [0, 0.05) is 0 Å². The van der Waals surface area contributed by atoms with E-state index in [0.717, 1.165) is 18.6 Å². The molecule has 0 aliphatic heterocycles. The van der Waals surface area contributed by atoms with E-state index in [-0.39, 0.29) is 29.4 Å². The Hall–Kier alpha value is -1.46. The van der Waals surface area contributed by atoms with Gasteiger partial charge in [0.15, 0.2) is 0 Å². The van der Waals surface area contributed by atoms with Gasteiger partial charge in [-0.15, -0.1) is 0 Å². The number of benzene rings is 1. The summed E-state index contributed by atoms with van der Waals surface area (Å²) in [6.45, 7) is 0. The van der Waals surface area contributed by atoms with Gasteiger partial charge in [-0.05, 0) is 71.6 Å². The van der Waals surface area contributed by atoms with Crippen LogP contribution in [0, 0.1) is 35.5 Å². The number of alkyl halides is 6. The van der Waals surface area contributed by atoms with E-state index in [9.17, 15) is 26.3 Å². The lowest BCUT2D eigenvalue weighted by atomic mass is 9.73. The van der Waals surface area contributed by atoms with E-state index in [1.807, 2.05) is 0 Å². The molecule has 7 atom stereocenters. The molecule has 1 aromatic carbocycles. The topological polar surface area (TPSA) is 0 Å². The zero-order chi connectivity index (χ0) is 17.0. The third-order valence-electron chi connectivity index (χ3n) is 6.45. The van der Waals surface area contributed by atoms with Crippen LogP contribution >= 0.6 is 0 Å². The third kappa shape index (κ3) is 1.94. The monoisotopic (exact) mass is 344 g/mol. The van der Waals surface area contributed by atoms with Gasteiger partial charge < -0.3 is 0 Å². The highest BCUT2D eigenvalue weighted by molar-refractivity contribution is 5.42. The molecule has 0 nitrogen and oxygen atoms in total. The van der Waals surface area contributed by atoms with E-state index in [0.29, 0.717) is 23.7 Å². The number of hydrogen-bond acceptors (Lipinski definition) is 0. The van der Waals surface area contributed by atoms with Crippen LogP contribution in [0.4, 0.5) is 26.3 Å². The molecule has 6 heteroatoms. The first-order valence-corrected chi connectivity index (χ1v) is 8.14. The molecule has 0 heterocycles. The molecule has 3 fully saturated rings. The summed E-state index contributed by atoms with van der Waals surface area (Å²) in [6.07, 6.45) is -4.28. The Labute approximate surface area is 134 Å². The highest BCUT2D eigenvalue weighted by Crippen LogP contribution is 2.77. The van der Waals surface area contributed by atoms with Gasteiger partial charge in [-0.2, -0.15) is 26.3 Å². The molecule has 4 aliphatic rings. The maximum atomic E-state index is 13.1. The van der Waals surface area contributed by atoms with Crippen LogP contribution < -0.4 is 0 Å². The number of allylic oxidation sites excluding steroid dienone is 2. The van der Waals surface area contributed by atoms with Gasteiger partial charge in [0.1, 0.15) is 0 Å². The molecule has 4 aliphatic carbocycles.